The molecule has 1 heterocycles. The number of nitrogens with one attached hydrogen (secondary N) is 1. The molecule has 0 spiro atoms. The van der Waals surface area contributed by atoms with Crippen molar-refractivity contribution in [2.24, 2.45) is 5.92 Å². The molecule has 0 bridgehead atoms. The molecule has 0 aliphatic heterocycles. The molecule has 1 atom stereocenters. The highest BCUT2D eigenvalue weighted by Crippen LogP contribution is 2.44. The highest BCUT2D eigenvalue weighted by atomic mass is 32.2. The maximum absolute atomic E-state index is 11.8. The van der Waals surface area contributed by atoms with Crippen molar-refractivity contribution in [3.63, 3.8) is 0 Å². The predicted octanol–water partition coefficient (Wildman–Crippen LogP) is 2.53. The summed E-state index contributed by atoms with van der Waals surface area (Å²) in [6.07, 6.45) is 4.29. The Morgan fingerprint density at radius 3 is 2.79 bits per heavy atom. The summed E-state index contributed by atoms with van der Waals surface area (Å²) in [5.41, 5.74) is 0.265. The third-order valence-corrected chi connectivity index (χ3v) is 6.05. The van der Waals surface area contributed by atoms with Crippen LogP contribution in [0.5, 0.6) is 0 Å². The minimum absolute atomic E-state index is 0.291. The Morgan fingerprint density at radius 2 is 2.32 bits per heavy atom. The van der Waals surface area contributed by atoms with E-state index in [-0.39, 0.29) is 0 Å². The molecule has 1 aromatic rings. The third-order valence-electron chi connectivity index (χ3n) is 3.72. The fraction of sp³-hybridized carbons (Fsp3) is 0.692. The van der Waals surface area contributed by atoms with Crippen molar-refractivity contribution in [3.05, 3.63) is 11.1 Å². The van der Waals surface area contributed by atoms with E-state index in [2.05, 4.69) is 10.3 Å². The van der Waals surface area contributed by atoms with Gasteiger partial charge < -0.3 is 5.11 Å². The SMILES string of the molecule is Cc1csc(SCC(NC2CC2)(C(=O)O)C2CC2)n1. The normalized spacial score (nSPS) is 22.2. The van der Waals surface area contributed by atoms with Gasteiger partial charge in [0.15, 0.2) is 0 Å². The summed E-state index contributed by atoms with van der Waals surface area (Å²) in [6.45, 7) is 1.97. The number of thiazole rings is 1. The molecule has 2 aliphatic rings. The van der Waals surface area contributed by atoms with Crippen molar-refractivity contribution >= 4 is 29.1 Å². The van der Waals surface area contributed by atoms with Gasteiger partial charge in [0.25, 0.3) is 0 Å². The number of aryl methyl sites for hydroxylation is 1. The van der Waals surface area contributed by atoms with Crippen LogP contribution in [0.1, 0.15) is 31.4 Å². The van der Waals surface area contributed by atoms with Crippen LogP contribution in [0.3, 0.4) is 0 Å². The minimum Gasteiger partial charge on any atom is -0.480 e. The smallest absolute Gasteiger partial charge is 0.325 e. The average molecular weight is 298 g/mol. The van der Waals surface area contributed by atoms with Crippen LogP contribution in [0.4, 0.5) is 0 Å². The zero-order valence-corrected chi connectivity index (χ0v) is 12.5. The van der Waals surface area contributed by atoms with Gasteiger partial charge >= 0.3 is 5.97 Å². The molecule has 2 fully saturated rings. The zero-order valence-electron chi connectivity index (χ0n) is 10.9. The van der Waals surface area contributed by atoms with Crippen LogP contribution in [0.25, 0.3) is 0 Å². The summed E-state index contributed by atoms with van der Waals surface area (Å²) in [7, 11) is 0. The van der Waals surface area contributed by atoms with Gasteiger partial charge in [-0.1, -0.05) is 11.8 Å². The largest absolute Gasteiger partial charge is 0.480 e. The molecule has 0 saturated heterocycles. The summed E-state index contributed by atoms with van der Waals surface area (Å²) in [5, 5.41) is 15.1. The molecular weight excluding hydrogens is 280 g/mol. The van der Waals surface area contributed by atoms with Crippen molar-refractivity contribution in [2.45, 2.75) is 48.5 Å². The lowest BCUT2D eigenvalue weighted by atomic mass is 9.95. The molecule has 19 heavy (non-hydrogen) atoms. The van der Waals surface area contributed by atoms with Gasteiger partial charge in [-0.25, -0.2) is 4.98 Å². The number of rotatable bonds is 7. The van der Waals surface area contributed by atoms with E-state index >= 15 is 0 Å². The number of nitrogens with zero attached hydrogens (tertiary/aromatic N) is 1. The van der Waals surface area contributed by atoms with Gasteiger partial charge in [-0.15, -0.1) is 11.3 Å². The number of carboxylic acids is 1. The number of thioether (sulfide) groups is 1. The van der Waals surface area contributed by atoms with Crippen LogP contribution in [-0.2, 0) is 4.79 Å². The number of hydrogen-bond acceptors (Lipinski definition) is 5. The topological polar surface area (TPSA) is 62.2 Å². The quantitative estimate of drug-likeness (QED) is 0.757. The molecule has 104 valence electrons. The number of carbonyl (C=O) groups is 1. The number of carboxylic acid groups (broad SMARTS) is 1. The predicted molar refractivity (Wildman–Crippen MR) is 76.8 cm³/mol. The molecule has 6 heteroatoms. The standard InChI is InChI=1S/C13H18N2O2S2/c1-8-6-18-12(14-8)19-7-13(11(16)17,9-2-3-9)15-10-4-5-10/h6,9-10,15H,2-5,7H2,1H3,(H,16,17). The summed E-state index contributed by atoms with van der Waals surface area (Å²) < 4.78 is 0.973. The van der Waals surface area contributed by atoms with E-state index in [9.17, 15) is 9.90 Å². The van der Waals surface area contributed by atoms with E-state index in [4.69, 9.17) is 0 Å². The second-order valence-electron chi connectivity index (χ2n) is 5.51. The molecule has 1 aromatic heterocycles. The summed E-state index contributed by atoms with van der Waals surface area (Å²) in [5.74, 6) is 0.179. The molecule has 2 aliphatic carbocycles. The van der Waals surface area contributed by atoms with Crippen LogP contribution in [0.15, 0.2) is 9.72 Å². The van der Waals surface area contributed by atoms with Crippen LogP contribution < -0.4 is 5.32 Å². The fourth-order valence-corrected chi connectivity index (χ4v) is 4.43. The van der Waals surface area contributed by atoms with E-state index in [0.29, 0.717) is 17.7 Å². The monoisotopic (exact) mass is 298 g/mol. The van der Waals surface area contributed by atoms with Crippen LogP contribution in [0, 0.1) is 12.8 Å². The first-order valence-corrected chi connectivity index (χ1v) is 8.53. The van der Waals surface area contributed by atoms with Gasteiger partial charge in [-0.2, -0.15) is 0 Å². The molecule has 1 unspecified atom stereocenters. The lowest BCUT2D eigenvalue weighted by Crippen LogP contribution is -2.57. The second-order valence-corrected chi connectivity index (χ2v) is 7.59. The Balaban J connectivity index is 1.72. The first kappa shape index (κ1) is 13.4. The Bertz CT molecular complexity index is 483. The van der Waals surface area contributed by atoms with Crippen LogP contribution in [0.2, 0.25) is 0 Å². The number of aliphatic carboxylic acids is 1. The lowest BCUT2D eigenvalue weighted by Gasteiger charge is -2.30. The van der Waals surface area contributed by atoms with Gasteiger partial charge in [-0.3, -0.25) is 10.1 Å². The molecular formula is C13H18N2O2S2. The lowest BCUT2D eigenvalue weighted by molar-refractivity contribution is -0.145. The third kappa shape index (κ3) is 2.95. The molecule has 2 N–H and O–H groups in total. The maximum Gasteiger partial charge on any atom is 0.325 e. The van der Waals surface area contributed by atoms with E-state index in [1.54, 1.807) is 23.1 Å². The minimum atomic E-state index is -0.745. The molecule has 0 aromatic carbocycles. The Hall–Kier alpha value is -0.590. The fourth-order valence-electron chi connectivity index (χ4n) is 2.32. The van der Waals surface area contributed by atoms with Gasteiger partial charge in [0.05, 0.1) is 0 Å². The highest BCUT2D eigenvalue weighted by molar-refractivity contribution is 8.01. The Morgan fingerprint density at radius 1 is 1.58 bits per heavy atom. The highest BCUT2D eigenvalue weighted by Gasteiger charge is 2.53. The number of hydrogen-bond donors (Lipinski definition) is 2. The molecule has 4 nitrogen and oxygen atoms in total. The van der Waals surface area contributed by atoms with Crippen molar-refractivity contribution in [3.8, 4) is 0 Å². The molecule has 0 radical (unpaired) electrons. The molecule has 2 saturated carbocycles. The van der Waals surface area contributed by atoms with Gasteiger partial charge in [0, 0.05) is 22.9 Å². The summed E-state index contributed by atoms with van der Waals surface area (Å²) >= 11 is 3.18. The van der Waals surface area contributed by atoms with Gasteiger partial charge in [-0.05, 0) is 38.5 Å². The maximum atomic E-state index is 11.8. The van der Waals surface area contributed by atoms with Crippen molar-refractivity contribution in [2.75, 3.05) is 5.75 Å². The molecule has 3 rings (SSSR count). The molecule has 0 amide bonds. The van der Waals surface area contributed by atoms with Crippen molar-refractivity contribution in [1.82, 2.24) is 10.3 Å². The van der Waals surface area contributed by atoms with E-state index in [0.717, 1.165) is 35.7 Å². The van der Waals surface area contributed by atoms with E-state index < -0.39 is 11.5 Å². The summed E-state index contributed by atoms with van der Waals surface area (Å²) in [4.78, 5) is 16.2. The first-order valence-electron chi connectivity index (χ1n) is 6.66. The van der Waals surface area contributed by atoms with E-state index in [1.165, 1.54) is 0 Å². The Kier molecular flexibility index (Phi) is 3.57. The van der Waals surface area contributed by atoms with Gasteiger partial charge in [0.1, 0.15) is 9.88 Å². The Labute approximate surface area is 121 Å². The first-order chi connectivity index (χ1) is 9.10. The van der Waals surface area contributed by atoms with E-state index in [1.807, 2.05) is 12.3 Å². The van der Waals surface area contributed by atoms with Gasteiger partial charge in [0.2, 0.25) is 0 Å². The number of aromatic nitrogens is 1. The van der Waals surface area contributed by atoms with Crippen molar-refractivity contribution < 1.29 is 9.90 Å². The van der Waals surface area contributed by atoms with Crippen molar-refractivity contribution in [1.29, 1.82) is 0 Å². The van der Waals surface area contributed by atoms with Crippen LogP contribution in [-0.4, -0.2) is 33.4 Å². The zero-order chi connectivity index (χ0) is 13.5. The van der Waals surface area contributed by atoms with Crippen LogP contribution >= 0.6 is 23.1 Å². The second kappa shape index (κ2) is 5.07. The average Bonchev–Trinajstić information content (AvgIpc) is 3.25. The summed E-state index contributed by atoms with van der Waals surface area (Å²) in [6, 6.07) is 0.412.